The second kappa shape index (κ2) is 8.86. The maximum atomic E-state index is 13.0. The van der Waals surface area contributed by atoms with Crippen molar-refractivity contribution in [1.82, 2.24) is 0 Å². The molecule has 37 heavy (non-hydrogen) atoms. The summed E-state index contributed by atoms with van der Waals surface area (Å²) >= 11 is 0. The third kappa shape index (κ3) is 3.34. The van der Waals surface area contributed by atoms with Gasteiger partial charge in [0.25, 0.3) is 0 Å². The Balaban J connectivity index is 1.66. The molecule has 0 saturated carbocycles. The Morgan fingerprint density at radius 1 is 0.622 bits per heavy atom. The molecule has 0 saturated heterocycles. The maximum absolute atomic E-state index is 13.0. The van der Waals surface area contributed by atoms with E-state index < -0.39 is 17.6 Å². The SMILES string of the molecule is COc1cc2c(cc1OC)[C@@H]([C@H](C)Oc1ccccc1OC)C1(O)c3ccccc3C2c2ccccc21. The minimum atomic E-state index is -1.34. The van der Waals surface area contributed by atoms with E-state index in [1.165, 1.54) is 0 Å². The molecule has 0 heterocycles. The zero-order valence-corrected chi connectivity index (χ0v) is 21.4. The minimum absolute atomic E-state index is 0.0639. The van der Waals surface area contributed by atoms with Gasteiger partial charge in [0.2, 0.25) is 0 Å². The van der Waals surface area contributed by atoms with Crippen molar-refractivity contribution < 1.29 is 24.1 Å². The van der Waals surface area contributed by atoms with E-state index in [4.69, 9.17) is 18.9 Å². The molecule has 0 radical (unpaired) electrons. The Morgan fingerprint density at radius 3 is 1.68 bits per heavy atom. The zero-order valence-electron chi connectivity index (χ0n) is 21.4. The molecule has 5 heteroatoms. The van der Waals surface area contributed by atoms with Gasteiger partial charge in [0.15, 0.2) is 23.0 Å². The van der Waals surface area contributed by atoms with Gasteiger partial charge in [0.05, 0.1) is 27.2 Å². The molecule has 0 aliphatic heterocycles. The van der Waals surface area contributed by atoms with Crippen LogP contribution in [0.4, 0.5) is 0 Å². The normalized spacial score (nSPS) is 21.6. The number of rotatable bonds is 6. The number of aliphatic hydroxyl groups is 1. The predicted molar refractivity (Wildman–Crippen MR) is 142 cm³/mol. The summed E-state index contributed by atoms with van der Waals surface area (Å²) in [7, 11) is 4.92. The Morgan fingerprint density at radius 2 is 1.11 bits per heavy atom. The predicted octanol–water partition coefficient (Wildman–Crippen LogP) is 6.01. The topological polar surface area (TPSA) is 57.2 Å². The number of ether oxygens (including phenoxy) is 4. The van der Waals surface area contributed by atoms with Gasteiger partial charge in [0.1, 0.15) is 11.7 Å². The first-order chi connectivity index (χ1) is 18.0. The summed E-state index contributed by atoms with van der Waals surface area (Å²) in [6.07, 6.45) is -0.434. The van der Waals surface area contributed by atoms with E-state index in [1.807, 2.05) is 73.7 Å². The first-order valence-corrected chi connectivity index (χ1v) is 12.5. The van der Waals surface area contributed by atoms with Crippen molar-refractivity contribution in [3.8, 4) is 23.0 Å². The lowest BCUT2D eigenvalue weighted by atomic mass is 9.66. The van der Waals surface area contributed by atoms with E-state index in [1.54, 1.807) is 21.3 Å². The molecule has 3 aliphatic carbocycles. The van der Waals surface area contributed by atoms with Gasteiger partial charge in [-0.1, -0.05) is 60.7 Å². The van der Waals surface area contributed by atoms with E-state index in [9.17, 15) is 5.11 Å². The Kier molecular flexibility index (Phi) is 5.61. The van der Waals surface area contributed by atoms with E-state index >= 15 is 0 Å². The fraction of sp³-hybridized carbons (Fsp3) is 0.250. The molecule has 3 aliphatic rings. The van der Waals surface area contributed by atoms with Gasteiger partial charge < -0.3 is 24.1 Å². The van der Waals surface area contributed by atoms with Crippen LogP contribution in [0.1, 0.15) is 52.1 Å². The summed E-state index contributed by atoms with van der Waals surface area (Å²) in [5.74, 6) is 2.03. The van der Waals surface area contributed by atoms with Crippen molar-refractivity contribution in [2.24, 2.45) is 0 Å². The number of benzene rings is 4. The van der Waals surface area contributed by atoms with Crippen molar-refractivity contribution in [3.63, 3.8) is 0 Å². The van der Waals surface area contributed by atoms with E-state index in [-0.39, 0.29) is 5.92 Å². The smallest absolute Gasteiger partial charge is 0.161 e. The summed E-state index contributed by atoms with van der Waals surface area (Å²) in [6.45, 7) is 2.01. The highest BCUT2D eigenvalue weighted by molar-refractivity contribution is 5.67. The Bertz CT molecular complexity index is 1430. The van der Waals surface area contributed by atoms with Crippen LogP contribution in [0, 0.1) is 0 Å². The van der Waals surface area contributed by atoms with E-state index in [0.29, 0.717) is 23.0 Å². The van der Waals surface area contributed by atoms with Crippen LogP contribution in [0.25, 0.3) is 0 Å². The largest absolute Gasteiger partial charge is 0.493 e. The molecule has 7 rings (SSSR count). The summed E-state index contributed by atoms with van der Waals surface area (Å²) in [5.41, 5.74) is 4.68. The summed E-state index contributed by atoms with van der Waals surface area (Å²) < 4.78 is 23.7. The lowest BCUT2D eigenvalue weighted by Crippen LogP contribution is -2.43. The van der Waals surface area contributed by atoms with Gasteiger partial charge in [-0.15, -0.1) is 0 Å². The molecule has 4 aromatic carbocycles. The van der Waals surface area contributed by atoms with Gasteiger partial charge in [-0.2, -0.15) is 0 Å². The number of hydrogen-bond acceptors (Lipinski definition) is 5. The van der Waals surface area contributed by atoms with Crippen LogP contribution in [0.2, 0.25) is 0 Å². The molecule has 0 fully saturated rings. The molecule has 0 amide bonds. The first kappa shape index (κ1) is 23.4. The molecule has 4 aromatic rings. The maximum Gasteiger partial charge on any atom is 0.161 e. The van der Waals surface area contributed by atoms with Gasteiger partial charge >= 0.3 is 0 Å². The summed E-state index contributed by atoms with van der Waals surface area (Å²) in [5, 5.41) is 13.0. The molecule has 2 atom stereocenters. The van der Waals surface area contributed by atoms with E-state index in [0.717, 1.165) is 33.4 Å². The lowest BCUT2D eigenvalue weighted by Gasteiger charge is -2.43. The van der Waals surface area contributed by atoms with Crippen LogP contribution in [0.3, 0.4) is 0 Å². The van der Waals surface area contributed by atoms with Crippen molar-refractivity contribution in [2.45, 2.75) is 30.5 Å². The van der Waals surface area contributed by atoms with Crippen LogP contribution < -0.4 is 18.9 Å². The average Bonchev–Trinajstić information content (AvgIpc) is 3.09. The highest BCUT2D eigenvalue weighted by Gasteiger charge is 2.55. The van der Waals surface area contributed by atoms with Crippen molar-refractivity contribution in [1.29, 1.82) is 0 Å². The summed E-state index contributed by atoms with van der Waals surface area (Å²) in [4.78, 5) is 0. The molecular formula is C32H30O5. The van der Waals surface area contributed by atoms with Gasteiger partial charge in [0, 0.05) is 5.92 Å². The minimum Gasteiger partial charge on any atom is -0.493 e. The van der Waals surface area contributed by atoms with Crippen LogP contribution in [-0.4, -0.2) is 32.5 Å². The quantitative estimate of drug-likeness (QED) is 0.356. The van der Waals surface area contributed by atoms with Crippen LogP contribution >= 0.6 is 0 Å². The van der Waals surface area contributed by atoms with E-state index in [2.05, 4.69) is 18.2 Å². The summed E-state index contributed by atoms with van der Waals surface area (Å²) in [6, 6.07) is 28.1. The second-order valence-corrected chi connectivity index (χ2v) is 9.66. The second-order valence-electron chi connectivity index (χ2n) is 9.66. The van der Waals surface area contributed by atoms with Crippen LogP contribution in [0.15, 0.2) is 84.9 Å². The van der Waals surface area contributed by atoms with Crippen molar-refractivity contribution in [3.05, 3.63) is 118 Å². The van der Waals surface area contributed by atoms with Crippen molar-refractivity contribution in [2.75, 3.05) is 21.3 Å². The number of para-hydroxylation sites is 2. The molecule has 5 nitrogen and oxygen atoms in total. The Hall–Kier alpha value is -3.96. The fourth-order valence-electron chi connectivity index (χ4n) is 6.41. The lowest BCUT2D eigenvalue weighted by molar-refractivity contribution is 0.00305. The molecule has 188 valence electrons. The third-order valence-electron chi connectivity index (χ3n) is 7.90. The highest BCUT2D eigenvalue weighted by atomic mass is 16.5. The fourth-order valence-corrected chi connectivity index (χ4v) is 6.41. The van der Waals surface area contributed by atoms with Crippen LogP contribution in [-0.2, 0) is 5.60 Å². The van der Waals surface area contributed by atoms with Crippen molar-refractivity contribution >= 4 is 0 Å². The molecule has 2 bridgehead atoms. The molecule has 0 unspecified atom stereocenters. The Labute approximate surface area is 217 Å². The third-order valence-corrected chi connectivity index (χ3v) is 7.90. The van der Waals surface area contributed by atoms with Gasteiger partial charge in [-0.05, 0) is 64.6 Å². The molecular weight excluding hydrogens is 464 g/mol. The first-order valence-electron chi connectivity index (χ1n) is 12.5. The molecule has 0 spiro atoms. The molecule has 0 aromatic heterocycles. The monoisotopic (exact) mass is 494 g/mol. The molecule has 1 N–H and O–H groups in total. The number of methoxy groups -OCH3 is 3. The average molecular weight is 495 g/mol. The number of hydrogen-bond donors (Lipinski definition) is 1. The van der Waals surface area contributed by atoms with Gasteiger partial charge in [-0.25, -0.2) is 0 Å². The zero-order chi connectivity index (χ0) is 25.7. The van der Waals surface area contributed by atoms with Gasteiger partial charge in [-0.3, -0.25) is 0 Å². The van der Waals surface area contributed by atoms with Crippen LogP contribution in [0.5, 0.6) is 23.0 Å². The highest BCUT2D eigenvalue weighted by Crippen LogP contribution is 2.60. The standard InChI is InChI=1S/C32H30O5/c1-19(37-27-16-10-9-15-26(27)34-2)31-23-18-29(36-4)28(35-3)17-22(23)30-20-11-5-7-13-24(20)32(31,33)25-14-8-6-12-21(25)30/h5-19,30-31,33H,1-4H3/t19-,30?,31+,32?/m0/s1.